The molecule has 2 bridgehead atoms. The number of fused-ring (bicyclic) bond motifs is 2. The Labute approximate surface area is 210 Å². The second kappa shape index (κ2) is 9.64. The van der Waals surface area contributed by atoms with Crippen LogP contribution in [0.3, 0.4) is 0 Å². The third-order valence-corrected chi connectivity index (χ3v) is 13.1. The molecule has 0 amide bonds. The van der Waals surface area contributed by atoms with Gasteiger partial charge in [-0.05, 0) is 27.4 Å². The van der Waals surface area contributed by atoms with Gasteiger partial charge in [-0.15, -0.1) is 0 Å². The summed E-state index contributed by atoms with van der Waals surface area (Å²) in [5.74, 6) is 0.0110. The fraction of sp³-hybridized carbons (Fsp3) is 0.400. The lowest BCUT2D eigenvalue weighted by atomic mass is 9.95. The summed E-state index contributed by atoms with van der Waals surface area (Å²) in [4.78, 5) is 2.38. The van der Waals surface area contributed by atoms with Gasteiger partial charge in [0, 0.05) is 24.5 Å². The first-order valence-corrected chi connectivity index (χ1v) is 14.6. The Morgan fingerprint density at radius 1 is 0.800 bits per heavy atom. The van der Waals surface area contributed by atoms with Crippen molar-refractivity contribution in [2.45, 2.75) is 63.1 Å². The molecule has 1 heterocycles. The molecular formula is C30H37NO3Si. The number of aliphatic hydroxyl groups excluding tert-OH is 2. The second-order valence-electron chi connectivity index (χ2n) is 11.1. The Kier molecular flexibility index (Phi) is 6.72. The van der Waals surface area contributed by atoms with E-state index in [1.54, 1.807) is 0 Å². The van der Waals surface area contributed by atoms with Crippen LogP contribution in [-0.2, 0) is 11.0 Å². The Bertz CT molecular complexity index is 1060. The molecule has 3 aromatic carbocycles. The number of rotatable bonds is 7. The van der Waals surface area contributed by atoms with Gasteiger partial charge >= 0.3 is 0 Å². The van der Waals surface area contributed by atoms with Gasteiger partial charge in [0.15, 0.2) is 0 Å². The average molecular weight is 488 g/mol. The van der Waals surface area contributed by atoms with E-state index in [2.05, 4.69) is 111 Å². The van der Waals surface area contributed by atoms with E-state index in [1.807, 2.05) is 6.07 Å². The molecule has 2 N–H and O–H groups in total. The molecule has 1 saturated carbocycles. The van der Waals surface area contributed by atoms with Crippen molar-refractivity contribution in [1.29, 1.82) is 0 Å². The molecule has 4 nitrogen and oxygen atoms in total. The molecule has 3 aromatic rings. The molecule has 5 atom stereocenters. The Morgan fingerprint density at radius 3 is 1.83 bits per heavy atom. The zero-order valence-electron chi connectivity index (χ0n) is 20.9. The van der Waals surface area contributed by atoms with Gasteiger partial charge < -0.3 is 14.6 Å². The highest BCUT2D eigenvalue weighted by Crippen LogP contribution is 2.45. The SMILES string of the molecule is CC(C)(C)[Si](OC[C@@H]1[C@@H]2C[C@@H]([C@@H](O)[C@H]2O)N1Cc1ccccc1)(c1ccccc1)c1ccccc1. The number of hydrogen-bond donors (Lipinski definition) is 2. The van der Waals surface area contributed by atoms with E-state index in [0.29, 0.717) is 6.61 Å². The first kappa shape index (κ1) is 24.4. The highest BCUT2D eigenvalue weighted by molar-refractivity contribution is 6.99. The van der Waals surface area contributed by atoms with E-state index < -0.39 is 20.5 Å². The van der Waals surface area contributed by atoms with Crippen LogP contribution in [0.1, 0.15) is 32.8 Å². The van der Waals surface area contributed by atoms with Crippen LogP contribution >= 0.6 is 0 Å². The standard InChI is InChI=1S/C30H37NO3Si/c1-30(2,3)35(23-15-9-5-10-16-23,24-17-11-6-12-18-24)34-21-27-25-19-26(29(33)28(25)32)31(27)20-22-13-7-4-8-14-22/h4-18,25-29,32-33H,19-21H2,1-3H3/t25-,26-,27+,28-,29+/m0/s1. The zero-order valence-corrected chi connectivity index (χ0v) is 21.9. The van der Waals surface area contributed by atoms with Crippen molar-refractivity contribution in [3.8, 4) is 0 Å². The van der Waals surface area contributed by atoms with Crippen LogP contribution < -0.4 is 10.4 Å². The summed E-state index contributed by atoms with van der Waals surface area (Å²) in [7, 11) is -2.68. The minimum Gasteiger partial charge on any atom is -0.406 e. The van der Waals surface area contributed by atoms with Crippen molar-refractivity contribution in [3.05, 3.63) is 96.6 Å². The normalized spacial score (nSPS) is 26.8. The molecule has 1 aliphatic heterocycles. The van der Waals surface area contributed by atoms with Gasteiger partial charge in [0.25, 0.3) is 8.32 Å². The molecule has 0 unspecified atom stereocenters. The van der Waals surface area contributed by atoms with Crippen LogP contribution in [0.5, 0.6) is 0 Å². The molecule has 5 heteroatoms. The van der Waals surface area contributed by atoms with Crippen molar-refractivity contribution in [2.75, 3.05) is 6.61 Å². The smallest absolute Gasteiger partial charge is 0.261 e. The second-order valence-corrected chi connectivity index (χ2v) is 15.5. The molecule has 35 heavy (non-hydrogen) atoms. The quantitative estimate of drug-likeness (QED) is 0.501. The van der Waals surface area contributed by atoms with Gasteiger partial charge in [-0.25, -0.2) is 0 Å². The maximum atomic E-state index is 10.8. The van der Waals surface area contributed by atoms with Crippen LogP contribution in [0.15, 0.2) is 91.0 Å². The van der Waals surface area contributed by atoms with Crippen LogP contribution in [0, 0.1) is 5.92 Å². The summed E-state index contributed by atoms with van der Waals surface area (Å²) in [6.07, 6.45) is -0.586. The summed E-state index contributed by atoms with van der Waals surface area (Å²) >= 11 is 0. The molecule has 2 fully saturated rings. The van der Waals surface area contributed by atoms with Gasteiger partial charge in [-0.1, -0.05) is 112 Å². The summed E-state index contributed by atoms with van der Waals surface area (Å²) < 4.78 is 7.26. The van der Waals surface area contributed by atoms with Crippen molar-refractivity contribution in [1.82, 2.24) is 4.90 Å². The molecule has 0 aromatic heterocycles. The third-order valence-electron chi connectivity index (χ3n) is 8.14. The first-order chi connectivity index (χ1) is 16.8. The van der Waals surface area contributed by atoms with Crippen molar-refractivity contribution < 1.29 is 14.6 Å². The van der Waals surface area contributed by atoms with Crippen molar-refractivity contribution in [3.63, 3.8) is 0 Å². The average Bonchev–Trinajstić information content (AvgIpc) is 3.36. The Balaban J connectivity index is 1.51. The van der Waals surface area contributed by atoms with E-state index in [1.165, 1.54) is 15.9 Å². The topological polar surface area (TPSA) is 52.9 Å². The number of benzene rings is 3. The molecule has 0 spiro atoms. The Hall–Kier alpha value is -2.28. The minimum absolute atomic E-state index is 0.0110. The molecule has 1 aliphatic carbocycles. The van der Waals surface area contributed by atoms with Crippen LogP contribution in [0.2, 0.25) is 5.04 Å². The number of likely N-dealkylation sites (tertiary alicyclic amines) is 1. The molecule has 0 radical (unpaired) electrons. The van der Waals surface area contributed by atoms with E-state index >= 15 is 0 Å². The maximum Gasteiger partial charge on any atom is 0.261 e. The lowest BCUT2D eigenvalue weighted by molar-refractivity contribution is -0.0780. The molecular weight excluding hydrogens is 450 g/mol. The fourth-order valence-electron chi connectivity index (χ4n) is 6.47. The Morgan fingerprint density at radius 2 is 1.31 bits per heavy atom. The van der Waals surface area contributed by atoms with E-state index in [-0.39, 0.29) is 23.0 Å². The van der Waals surface area contributed by atoms with E-state index in [0.717, 1.165) is 13.0 Å². The summed E-state index contributed by atoms with van der Waals surface area (Å²) in [5, 5.41) is 24.0. The highest BCUT2D eigenvalue weighted by atomic mass is 28.4. The van der Waals surface area contributed by atoms with Gasteiger partial charge in [0.05, 0.1) is 18.8 Å². The molecule has 2 aliphatic rings. The van der Waals surface area contributed by atoms with Gasteiger partial charge in [-0.3, -0.25) is 4.90 Å². The van der Waals surface area contributed by atoms with Crippen molar-refractivity contribution in [2.24, 2.45) is 5.92 Å². The zero-order chi connectivity index (χ0) is 24.6. The molecule has 5 rings (SSSR count). The summed E-state index contributed by atoms with van der Waals surface area (Å²) in [6, 6.07) is 31.8. The molecule has 1 saturated heterocycles. The summed E-state index contributed by atoms with van der Waals surface area (Å²) in [6.45, 7) is 8.16. The largest absolute Gasteiger partial charge is 0.406 e. The number of aliphatic hydroxyl groups is 2. The number of hydrogen-bond acceptors (Lipinski definition) is 4. The first-order valence-electron chi connectivity index (χ1n) is 12.7. The number of piperidine rings is 1. The van der Waals surface area contributed by atoms with E-state index in [9.17, 15) is 10.2 Å². The predicted molar refractivity (Wildman–Crippen MR) is 143 cm³/mol. The fourth-order valence-corrected chi connectivity index (χ4v) is 11.0. The van der Waals surface area contributed by atoms with E-state index in [4.69, 9.17) is 4.43 Å². The van der Waals surface area contributed by atoms with Crippen molar-refractivity contribution >= 4 is 18.7 Å². The van der Waals surface area contributed by atoms with Crippen LogP contribution in [-0.4, -0.2) is 54.3 Å². The van der Waals surface area contributed by atoms with Crippen LogP contribution in [0.25, 0.3) is 0 Å². The minimum atomic E-state index is -2.68. The molecule has 184 valence electrons. The third kappa shape index (κ3) is 4.30. The lowest BCUT2D eigenvalue weighted by Crippen LogP contribution is -2.68. The van der Waals surface area contributed by atoms with Crippen LogP contribution in [0.4, 0.5) is 0 Å². The highest BCUT2D eigenvalue weighted by Gasteiger charge is 2.57. The number of nitrogens with zero attached hydrogens (tertiary/aromatic N) is 1. The van der Waals surface area contributed by atoms with Gasteiger partial charge in [0.1, 0.15) is 0 Å². The van der Waals surface area contributed by atoms with Gasteiger partial charge in [-0.2, -0.15) is 0 Å². The van der Waals surface area contributed by atoms with Gasteiger partial charge in [0.2, 0.25) is 0 Å². The maximum absolute atomic E-state index is 10.8. The monoisotopic (exact) mass is 487 g/mol. The summed E-state index contributed by atoms with van der Waals surface area (Å²) in [5.41, 5.74) is 1.22. The predicted octanol–water partition coefficient (Wildman–Crippen LogP) is 3.56. The lowest BCUT2D eigenvalue weighted by Gasteiger charge is -2.46.